The van der Waals surface area contributed by atoms with Gasteiger partial charge in [0.05, 0.1) is 16.6 Å². The van der Waals surface area contributed by atoms with E-state index >= 15 is 0 Å². The summed E-state index contributed by atoms with van der Waals surface area (Å²) in [4.78, 5) is 18.0. The fourth-order valence-electron chi connectivity index (χ4n) is 1.36. The van der Waals surface area contributed by atoms with Crippen molar-refractivity contribution in [2.24, 2.45) is 0 Å². The number of imidazole rings is 1. The summed E-state index contributed by atoms with van der Waals surface area (Å²) in [5.41, 5.74) is 1.87. The molecule has 0 aliphatic carbocycles. The number of aromatic amines is 1. The zero-order valence-electron chi connectivity index (χ0n) is 9.74. The van der Waals surface area contributed by atoms with E-state index in [1.165, 1.54) is 0 Å². The van der Waals surface area contributed by atoms with Crippen molar-refractivity contribution in [2.45, 2.75) is 27.2 Å². The molecule has 0 fully saturated rings. The molecule has 4 heteroatoms. The number of aryl methyl sites for hydroxylation is 1. The number of H-pyrrole nitrogens is 1. The van der Waals surface area contributed by atoms with Crippen molar-refractivity contribution in [1.29, 1.82) is 0 Å². The molecule has 0 bridgehead atoms. The summed E-state index contributed by atoms with van der Waals surface area (Å²) in [5.74, 6) is -0.0397. The van der Waals surface area contributed by atoms with E-state index in [1.54, 1.807) is 18.2 Å². The van der Waals surface area contributed by atoms with Crippen LogP contribution in [0.4, 0.5) is 0 Å². The van der Waals surface area contributed by atoms with Gasteiger partial charge in [-0.05, 0) is 18.2 Å². The highest BCUT2D eigenvalue weighted by Crippen LogP contribution is 2.13. The summed E-state index contributed by atoms with van der Waals surface area (Å²) in [6, 6.07) is 4.88. The van der Waals surface area contributed by atoms with Gasteiger partial charge in [-0.1, -0.05) is 20.8 Å². The quantitative estimate of drug-likeness (QED) is 0.817. The SMILES string of the molecule is CC.CCc1nc2ccc(C(=O)O)cc2[nH]1. The average Bonchev–Trinajstić information content (AvgIpc) is 2.73. The van der Waals surface area contributed by atoms with Crippen molar-refractivity contribution >= 4 is 17.0 Å². The number of benzene rings is 1. The Hall–Kier alpha value is -1.84. The van der Waals surface area contributed by atoms with E-state index in [0.717, 1.165) is 23.3 Å². The van der Waals surface area contributed by atoms with Gasteiger partial charge in [0, 0.05) is 6.42 Å². The number of rotatable bonds is 2. The number of carboxylic acid groups (broad SMARTS) is 1. The smallest absolute Gasteiger partial charge is 0.335 e. The normalized spacial score (nSPS) is 9.69. The van der Waals surface area contributed by atoms with Crippen LogP contribution >= 0.6 is 0 Å². The average molecular weight is 220 g/mol. The highest BCUT2D eigenvalue weighted by atomic mass is 16.4. The molecule has 1 heterocycles. The number of hydrogen-bond donors (Lipinski definition) is 2. The Labute approximate surface area is 94.3 Å². The van der Waals surface area contributed by atoms with E-state index in [2.05, 4.69) is 9.97 Å². The molecule has 2 rings (SSSR count). The van der Waals surface area contributed by atoms with Crippen LogP contribution in [-0.4, -0.2) is 21.0 Å². The number of hydrogen-bond acceptors (Lipinski definition) is 2. The Morgan fingerprint density at radius 1 is 1.44 bits per heavy atom. The van der Waals surface area contributed by atoms with Crippen LogP contribution in [0.2, 0.25) is 0 Å². The number of aromatic nitrogens is 2. The molecule has 2 aromatic rings. The number of nitrogens with zero attached hydrogens (tertiary/aromatic N) is 1. The highest BCUT2D eigenvalue weighted by Gasteiger charge is 2.06. The topological polar surface area (TPSA) is 66.0 Å². The molecule has 0 unspecified atom stereocenters. The minimum Gasteiger partial charge on any atom is -0.478 e. The third-order valence-electron chi connectivity index (χ3n) is 2.11. The van der Waals surface area contributed by atoms with Crippen molar-refractivity contribution < 1.29 is 9.90 Å². The fraction of sp³-hybridized carbons (Fsp3) is 0.333. The molecule has 1 aromatic carbocycles. The minimum atomic E-state index is -0.917. The second-order valence-electron chi connectivity index (χ2n) is 3.07. The van der Waals surface area contributed by atoms with Crippen LogP contribution in [0.1, 0.15) is 37.0 Å². The predicted molar refractivity (Wildman–Crippen MR) is 63.8 cm³/mol. The van der Waals surface area contributed by atoms with Crippen LogP contribution in [0.15, 0.2) is 18.2 Å². The lowest BCUT2D eigenvalue weighted by molar-refractivity contribution is 0.0697. The molecule has 4 nitrogen and oxygen atoms in total. The molecule has 1 aromatic heterocycles. The van der Waals surface area contributed by atoms with Gasteiger partial charge in [-0.2, -0.15) is 0 Å². The van der Waals surface area contributed by atoms with Crippen LogP contribution in [0.3, 0.4) is 0 Å². The van der Waals surface area contributed by atoms with Gasteiger partial charge in [0.25, 0.3) is 0 Å². The first-order valence-electron chi connectivity index (χ1n) is 5.42. The van der Waals surface area contributed by atoms with Crippen LogP contribution < -0.4 is 0 Å². The van der Waals surface area contributed by atoms with Crippen LogP contribution in [0, 0.1) is 0 Å². The second kappa shape index (κ2) is 5.30. The first-order chi connectivity index (χ1) is 7.70. The van der Waals surface area contributed by atoms with Gasteiger partial charge in [-0.3, -0.25) is 0 Å². The maximum Gasteiger partial charge on any atom is 0.335 e. The van der Waals surface area contributed by atoms with Crippen LogP contribution in [0.25, 0.3) is 11.0 Å². The third kappa shape index (κ3) is 2.39. The third-order valence-corrected chi connectivity index (χ3v) is 2.11. The maximum absolute atomic E-state index is 10.7. The van der Waals surface area contributed by atoms with E-state index in [1.807, 2.05) is 20.8 Å². The van der Waals surface area contributed by atoms with Gasteiger partial charge in [0.15, 0.2) is 0 Å². The van der Waals surface area contributed by atoms with Crippen molar-refractivity contribution in [3.63, 3.8) is 0 Å². The maximum atomic E-state index is 10.7. The summed E-state index contributed by atoms with van der Waals surface area (Å²) in [7, 11) is 0. The van der Waals surface area contributed by atoms with Gasteiger partial charge >= 0.3 is 5.97 Å². The van der Waals surface area contributed by atoms with Crippen molar-refractivity contribution in [1.82, 2.24) is 9.97 Å². The zero-order chi connectivity index (χ0) is 12.1. The molecule has 0 atom stereocenters. The number of carboxylic acids is 1. The molecule has 0 aliphatic heterocycles. The minimum absolute atomic E-state index is 0.281. The number of carbonyl (C=O) groups is 1. The van der Waals surface area contributed by atoms with Crippen molar-refractivity contribution in [2.75, 3.05) is 0 Å². The summed E-state index contributed by atoms with van der Waals surface area (Å²) in [6.45, 7) is 6.00. The van der Waals surface area contributed by atoms with E-state index in [9.17, 15) is 4.79 Å². The van der Waals surface area contributed by atoms with E-state index in [4.69, 9.17) is 5.11 Å². The van der Waals surface area contributed by atoms with Crippen LogP contribution in [-0.2, 0) is 6.42 Å². The summed E-state index contributed by atoms with van der Waals surface area (Å²) >= 11 is 0. The first-order valence-corrected chi connectivity index (χ1v) is 5.42. The first kappa shape index (κ1) is 12.2. The molecule has 0 radical (unpaired) electrons. The monoisotopic (exact) mass is 220 g/mol. The van der Waals surface area contributed by atoms with Gasteiger partial charge in [0.1, 0.15) is 5.82 Å². The molecular weight excluding hydrogens is 204 g/mol. The summed E-state index contributed by atoms with van der Waals surface area (Å²) in [6.07, 6.45) is 0.817. The Balaban J connectivity index is 0.000000606. The predicted octanol–water partition coefficient (Wildman–Crippen LogP) is 2.85. The summed E-state index contributed by atoms with van der Waals surface area (Å²) in [5, 5.41) is 8.77. The Bertz CT molecular complexity index is 489. The molecular formula is C12H16N2O2. The Kier molecular flexibility index (Phi) is 4.05. The second-order valence-corrected chi connectivity index (χ2v) is 3.07. The Morgan fingerprint density at radius 2 is 2.12 bits per heavy atom. The number of aromatic carboxylic acids is 1. The van der Waals surface area contributed by atoms with Gasteiger partial charge < -0.3 is 10.1 Å². The molecule has 2 N–H and O–H groups in total. The Morgan fingerprint density at radius 3 is 2.69 bits per heavy atom. The van der Waals surface area contributed by atoms with Crippen LogP contribution in [0.5, 0.6) is 0 Å². The largest absolute Gasteiger partial charge is 0.478 e. The van der Waals surface area contributed by atoms with Gasteiger partial charge in [0.2, 0.25) is 0 Å². The van der Waals surface area contributed by atoms with E-state index < -0.39 is 5.97 Å². The molecule has 0 aliphatic rings. The molecule has 0 amide bonds. The number of fused-ring (bicyclic) bond motifs is 1. The zero-order valence-corrected chi connectivity index (χ0v) is 9.74. The lowest BCUT2D eigenvalue weighted by atomic mass is 10.2. The lowest BCUT2D eigenvalue weighted by Crippen LogP contribution is -1.94. The van der Waals surface area contributed by atoms with Gasteiger partial charge in [-0.15, -0.1) is 0 Å². The lowest BCUT2D eigenvalue weighted by Gasteiger charge is -1.92. The molecule has 86 valence electrons. The fourth-order valence-corrected chi connectivity index (χ4v) is 1.36. The van der Waals surface area contributed by atoms with Gasteiger partial charge in [-0.25, -0.2) is 9.78 Å². The van der Waals surface area contributed by atoms with Crippen molar-refractivity contribution in [3.05, 3.63) is 29.6 Å². The molecule has 16 heavy (non-hydrogen) atoms. The van der Waals surface area contributed by atoms with Crippen molar-refractivity contribution in [3.8, 4) is 0 Å². The molecule has 0 saturated heterocycles. The molecule has 0 spiro atoms. The van der Waals surface area contributed by atoms with E-state index in [-0.39, 0.29) is 5.56 Å². The number of nitrogens with one attached hydrogen (secondary N) is 1. The standard InChI is InChI=1S/C10H10N2O2.C2H6/c1-2-9-11-7-4-3-6(10(13)14)5-8(7)12-9;1-2/h3-5H,2H2,1H3,(H,11,12)(H,13,14);1-2H3. The molecule has 0 saturated carbocycles. The highest BCUT2D eigenvalue weighted by molar-refractivity contribution is 5.92. The summed E-state index contributed by atoms with van der Waals surface area (Å²) < 4.78 is 0. The van der Waals surface area contributed by atoms with E-state index in [0.29, 0.717) is 0 Å².